The highest BCUT2D eigenvalue weighted by molar-refractivity contribution is 5.99. The molecular weight excluding hydrogens is 295 g/mol. The van der Waals surface area contributed by atoms with E-state index in [0.717, 1.165) is 11.1 Å². The number of rotatable bonds is 4. The molecule has 0 atom stereocenters. The quantitative estimate of drug-likeness (QED) is 0.942. The summed E-state index contributed by atoms with van der Waals surface area (Å²) in [5.74, 6) is -1.04. The molecule has 2 aromatic rings. The molecule has 0 aliphatic heterocycles. The van der Waals surface area contributed by atoms with Crippen LogP contribution in [0.5, 0.6) is 0 Å². The van der Waals surface area contributed by atoms with Crippen molar-refractivity contribution in [2.45, 2.75) is 13.8 Å². The number of nitrogens with zero attached hydrogens (tertiary/aromatic N) is 1. The monoisotopic (exact) mass is 314 g/mol. The second-order valence-electron chi connectivity index (χ2n) is 5.60. The summed E-state index contributed by atoms with van der Waals surface area (Å²) < 4.78 is 13.1. The third-order valence-corrected chi connectivity index (χ3v) is 3.30. The summed E-state index contributed by atoms with van der Waals surface area (Å²) in [5.41, 5.74) is 2.89. The number of likely N-dealkylation sites (N-methyl/N-ethyl adjacent to an activating group) is 1. The van der Waals surface area contributed by atoms with Crippen LogP contribution in [0, 0.1) is 19.7 Å². The average Bonchev–Trinajstić information content (AvgIpc) is 2.45. The predicted octanol–water partition coefficient (Wildman–Crippen LogP) is 3.15. The van der Waals surface area contributed by atoms with Gasteiger partial charge in [0.25, 0.3) is 5.91 Å². The Morgan fingerprint density at radius 1 is 1.09 bits per heavy atom. The van der Waals surface area contributed by atoms with E-state index in [2.05, 4.69) is 5.32 Å². The number of carbonyl (C=O) groups is 2. The van der Waals surface area contributed by atoms with E-state index in [-0.39, 0.29) is 18.4 Å². The molecule has 0 saturated heterocycles. The van der Waals surface area contributed by atoms with Gasteiger partial charge in [-0.05, 0) is 44.2 Å². The topological polar surface area (TPSA) is 49.4 Å². The van der Waals surface area contributed by atoms with Gasteiger partial charge in [-0.1, -0.05) is 23.3 Å². The van der Waals surface area contributed by atoms with Gasteiger partial charge in [0.2, 0.25) is 5.91 Å². The molecule has 0 bridgehead atoms. The Labute approximate surface area is 134 Å². The lowest BCUT2D eigenvalue weighted by Crippen LogP contribution is -2.35. The van der Waals surface area contributed by atoms with Crippen LogP contribution in [0.2, 0.25) is 0 Å². The molecule has 0 spiro atoms. The molecule has 0 aromatic heterocycles. The van der Waals surface area contributed by atoms with Crippen molar-refractivity contribution >= 4 is 17.5 Å². The molecule has 4 nitrogen and oxygen atoms in total. The van der Waals surface area contributed by atoms with Gasteiger partial charge in [0, 0.05) is 18.3 Å². The average molecular weight is 314 g/mol. The van der Waals surface area contributed by atoms with Crippen LogP contribution in [-0.2, 0) is 4.79 Å². The number of carbonyl (C=O) groups excluding carboxylic acids is 2. The van der Waals surface area contributed by atoms with Crippen LogP contribution in [0.25, 0.3) is 0 Å². The van der Waals surface area contributed by atoms with Crippen molar-refractivity contribution in [3.63, 3.8) is 0 Å². The predicted molar refractivity (Wildman–Crippen MR) is 87.9 cm³/mol. The van der Waals surface area contributed by atoms with Gasteiger partial charge in [-0.15, -0.1) is 0 Å². The van der Waals surface area contributed by atoms with Crippen LogP contribution >= 0.6 is 0 Å². The Morgan fingerprint density at radius 2 is 1.74 bits per heavy atom. The molecule has 0 unspecified atom stereocenters. The normalized spacial score (nSPS) is 10.3. The highest BCUT2D eigenvalue weighted by Crippen LogP contribution is 2.12. The van der Waals surface area contributed by atoms with E-state index < -0.39 is 5.82 Å². The lowest BCUT2D eigenvalue weighted by molar-refractivity contribution is -0.116. The Hall–Kier alpha value is -2.69. The van der Waals surface area contributed by atoms with Crippen molar-refractivity contribution in [1.29, 1.82) is 0 Å². The highest BCUT2D eigenvalue weighted by atomic mass is 19.1. The zero-order valence-electron chi connectivity index (χ0n) is 13.4. The first-order valence-corrected chi connectivity index (χ1v) is 7.24. The summed E-state index contributed by atoms with van der Waals surface area (Å²) in [7, 11) is 1.56. The molecule has 1 N–H and O–H groups in total. The number of amides is 2. The molecule has 0 aliphatic rings. The SMILES string of the molecule is Cc1cc(C)cc(C(=O)N(C)CC(=O)Nc2cccc(F)c2)c1. The first-order chi connectivity index (χ1) is 10.8. The van der Waals surface area contributed by atoms with E-state index >= 15 is 0 Å². The third-order valence-electron chi connectivity index (χ3n) is 3.30. The van der Waals surface area contributed by atoms with E-state index in [0.29, 0.717) is 11.3 Å². The van der Waals surface area contributed by atoms with E-state index in [1.54, 1.807) is 25.2 Å². The van der Waals surface area contributed by atoms with Crippen LogP contribution in [0.15, 0.2) is 42.5 Å². The molecule has 23 heavy (non-hydrogen) atoms. The maximum Gasteiger partial charge on any atom is 0.254 e. The second-order valence-corrected chi connectivity index (χ2v) is 5.60. The summed E-state index contributed by atoms with van der Waals surface area (Å²) in [6.07, 6.45) is 0. The minimum Gasteiger partial charge on any atom is -0.332 e. The summed E-state index contributed by atoms with van der Waals surface area (Å²) in [6.45, 7) is 3.73. The lowest BCUT2D eigenvalue weighted by Gasteiger charge is -2.17. The zero-order valence-corrected chi connectivity index (χ0v) is 13.4. The van der Waals surface area contributed by atoms with E-state index in [9.17, 15) is 14.0 Å². The lowest BCUT2D eigenvalue weighted by atomic mass is 10.1. The van der Waals surface area contributed by atoms with Crippen molar-refractivity contribution in [2.75, 3.05) is 18.9 Å². The van der Waals surface area contributed by atoms with Gasteiger partial charge in [-0.2, -0.15) is 0 Å². The minimum atomic E-state index is -0.428. The number of halogens is 1. The molecule has 2 rings (SSSR count). The summed E-state index contributed by atoms with van der Waals surface area (Å²) in [6, 6.07) is 11.2. The van der Waals surface area contributed by atoms with Crippen molar-refractivity contribution in [3.8, 4) is 0 Å². The number of hydrogen-bond donors (Lipinski definition) is 1. The van der Waals surface area contributed by atoms with Gasteiger partial charge in [0.05, 0.1) is 6.54 Å². The van der Waals surface area contributed by atoms with E-state index in [1.807, 2.05) is 19.9 Å². The molecule has 0 saturated carbocycles. The van der Waals surface area contributed by atoms with Crippen LogP contribution in [-0.4, -0.2) is 30.3 Å². The fourth-order valence-electron chi connectivity index (χ4n) is 2.37. The van der Waals surface area contributed by atoms with Crippen LogP contribution in [0.4, 0.5) is 10.1 Å². The Bertz CT molecular complexity index is 723. The van der Waals surface area contributed by atoms with Crippen molar-refractivity contribution in [2.24, 2.45) is 0 Å². The maximum absolute atomic E-state index is 13.1. The van der Waals surface area contributed by atoms with Crippen LogP contribution < -0.4 is 5.32 Å². The second kappa shape index (κ2) is 7.05. The Morgan fingerprint density at radius 3 is 2.35 bits per heavy atom. The number of nitrogens with one attached hydrogen (secondary N) is 1. The van der Waals surface area contributed by atoms with Crippen LogP contribution in [0.1, 0.15) is 21.5 Å². The highest BCUT2D eigenvalue weighted by Gasteiger charge is 2.15. The fourth-order valence-corrected chi connectivity index (χ4v) is 2.37. The molecule has 5 heteroatoms. The largest absolute Gasteiger partial charge is 0.332 e. The molecule has 2 aromatic carbocycles. The fraction of sp³-hybridized carbons (Fsp3) is 0.222. The van der Waals surface area contributed by atoms with Crippen molar-refractivity contribution < 1.29 is 14.0 Å². The standard InChI is InChI=1S/C18H19FN2O2/c1-12-7-13(2)9-14(8-12)18(23)21(3)11-17(22)20-16-6-4-5-15(19)10-16/h4-10H,11H2,1-3H3,(H,20,22). The van der Waals surface area contributed by atoms with Gasteiger partial charge in [-0.3, -0.25) is 9.59 Å². The van der Waals surface area contributed by atoms with Crippen molar-refractivity contribution in [3.05, 3.63) is 65.0 Å². The summed E-state index contributed by atoms with van der Waals surface area (Å²) in [4.78, 5) is 25.7. The van der Waals surface area contributed by atoms with Gasteiger partial charge in [0.1, 0.15) is 5.82 Å². The van der Waals surface area contributed by atoms with E-state index in [4.69, 9.17) is 0 Å². The smallest absolute Gasteiger partial charge is 0.254 e. The first kappa shape index (κ1) is 16.7. The molecule has 0 radical (unpaired) electrons. The van der Waals surface area contributed by atoms with E-state index in [1.165, 1.54) is 23.1 Å². The summed E-state index contributed by atoms with van der Waals surface area (Å²) in [5, 5.41) is 2.57. The van der Waals surface area contributed by atoms with Crippen molar-refractivity contribution in [1.82, 2.24) is 4.90 Å². The number of anilines is 1. The number of benzene rings is 2. The molecule has 2 amide bonds. The minimum absolute atomic E-state index is 0.109. The first-order valence-electron chi connectivity index (χ1n) is 7.24. The van der Waals surface area contributed by atoms with Gasteiger partial charge in [0.15, 0.2) is 0 Å². The number of hydrogen-bond acceptors (Lipinski definition) is 2. The van der Waals surface area contributed by atoms with Gasteiger partial charge in [-0.25, -0.2) is 4.39 Å². The molecule has 120 valence electrons. The number of aryl methyl sites for hydroxylation is 2. The molecule has 0 aliphatic carbocycles. The van der Waals surface area contributed by atoms with Gasteiger partial charge >= 0.3 is 0 Å². The molecule has 0 fully saturated rings. The maximum atomic E-state index is 13.1. The Kier molecular flexibility index (Phi) is 5.11. The third kappa shape index (κ3) is 4.64. The Balaban J connectivity index is 2.01. The van der Waals surface area contributed by atoms with Crippen LogP contribution in [0.3, 0.4) is 0 Å². The zero-order chi connectivity index (χ0) is 17.0. The molecular formula is C18H19FN2O2. The van der Waals surface area contributed by atoms with Gasteiger partial charge < -0.3 is 10.2 Å². The molecule has 0 heterocycles. The summed E-state index contributed by atoms with van der Waals surface area (Å²) >= 11 is 0.